The minimum Gasteiger partial charge on any atom is -0.457 e. The lowest BCUT2D eigenvalue weighted by Crippen LogP contribution is -2.40. The van der Waals surface area contributed by atoms with Crippen LogP contribution < -0.4 is 15.0 Å². The highest BCUT2D eigenvalue weighted by atomic mass is 32.2. The van der Waals surface area contributed by atoms with Crippen LogP contribution in [0.1, 0.15) is 17.5 Å². The Labute approximate surface area is 203 Å². The zero-order valence-electron chi connectivity index (χ0n) is 18.8. The molecule has 8 nitrogen and oxygen atoms in total. The molecule has 1 unspecified atom stereocenters. The summed E-state index contributed by atoms with van der Waals surface area (Å²) in [6.45, 7) is 0.249. The molecule has 1 aliphatic rings. The summed E-state index contributed by atoms with van der Waals surface area (Å²) in [5, 5.41) is 11.5. The van der Waals surface area contributed by atoms with Crippen LogP contribution in [0.4, 0.5) is 5.69 Å². The molecule has 0 aliphatic carbocycles. The molecule has 1 aliphatic heterocycles. The lowest BCUT2D eigenvalue weighted by Gasteiger charge is -2.18. The maximum atomic E-state index is 12.5. The number of nitriles is 1. The van der Waals surface area contributed by atoms with E-state index in [1.165, 1.54) is 12.1 Å². The number of nitrogens with one attached hydrogen (secondary N) is 1. The van der Waals surface area contributed by atoms with Gasteiger partial charge in [0.05, 0.1) is 23.4 Å². The molecule has 1 fully saturated rings. The average molecular weight is 490 g/mol. The summed E-state index contributed by atoms with van der Waals surface area (Å²) in [6, 6.07) is 24.0. The minimum absolute atomic E-state index is 0.0870. The summed E-state index contributed by atoms with van der Waals surface area (Å²) in [6.07, 6.45) is 0.0870. The Morgan fingerprint density at radius 1 is 1.00 bits per heavy atom. The first kappa shape index (κ1) is 24.0. The van der Waals surface area contributed by atoms with Crippen molar-refractivity contribution >= 4 is 27.3 Å². The van der Waals surface area contributed by atoms with Crippen molar-refractivity contribution in [3.8, 4) is 17.6 Å². The molecule has 0 aromatic heterocycles. The van der Waals surface area contributed by atoms with Crippen molar-refractivity contribution in [3.05, 3.63) is 90.0 Å². The molecular weight excluding hydrogens is 466 g/mol. The molecule has 9 heteroatoms. The van der Waals surface area contributed by atoms with Crippen LogP contribution in [0, 0.1) is 11.3 Å². The van der Waals surface area contributed by atoms with Crippen LogP contribution in [0.2, 0.25) is 0 Å². The van der Waals surface area contributed by atoms with Crippen molar-refractivity contribution in [1.82, 2.24) is 5.32 Å². The number of carbonyl (C=O) groups excluding carboxylic acids is 2. The second-order valence-electron chi connectivity index (χ2n) is 8.22. The van der Waals surface area contributed by atoms with E-state index < -0.39 is 27.5 Å². The molecular formula is C26H23N3O5S. The van der Waals surface area contributed by atoms with Crippen molar-refractivity contribution in [3.63, 3.8) is 0 Å². The number of benzene rings is 3. The fourth-order valence-electron chi connectivity index (χ4n) is 3.82. The monoisotopic (exact) mass is 489 g/mol. The van der Waals surface area contributed by atoms with Gasteiger partial charge in [0.2, 0.25) is 11.8 Å². The zero-order valence-corrected chi connectivity index (χ0v) is 19.6. The number of sulfone groups is 1. The molecule has 4 rings (SSSR count). The zero-order chi connectivity index (χ0) is 24.8. The Bertz CT molecular complexity index is 1350. The third-order valence-electron chi connectivity index (χ3n) is 5.44. The fourth-order valence-corrected chi connectivity index (χ4v) is 5.11. The predicted octanol–water partition coefficient (Wildman–Crippen LogP) is 3.19. The Balaban J connectivity index is 1.31. The van der Waals surface area contributed by atoms with Gasteiger partial charge in [-0.1, -0.05) is 30.3 Å². The van der Waals surface area contributed by atoms with Crippen molar-refractivity contribution < 1.29 is 22.7 Å². The van der Waals surface area contributed by atoms with Crippen molar-refractivity contribution in [2.45, 2.75) is 18.2 Å². The Morgan fingerprint density at radius 2 is 1.66 bits per heavy atom. The summed E-state index contributed by atoms with van der Waals surface area (Å²) in [5.74, 6) is -0.460. The van der Waals surface area contributed by atoms with Crippen LogP contribution in [0.5, 0.6) is 11.5 Å². The normalized spacial score (nSPS) is 15.5. The smallest absolute Gasteiger partial charge is 0.235 e. The first-order valence-electron chi connectivity index (χ1n) is 10.9. The molecule has 0 bridgehead atoms. The van der Waals surface area contributed by atoms with Gasteiger partial charge in [0.1, 0.15) is 17.3 Å². The van der Waals surface area contributed by atoms with Crippen LogP contribution in [0.15, 0.2) is 78.9 Å². The maximum Gasteiger partial charge on any atom is 0.235 e. The van der Waals surface area contributed by atoms with E-state index in [9.17, 15) is 18.0 Å². The predicted molar refractivity (Wildman–Crippen MR) is 131 cm³/mol. The third kappa shape index (κ3) is 6.46. The van der Waals surface area contributed by atoms with E-state index >= 15 is 0 Å². The van der Waals surface area contributed by atoms with E-state index in [0.29, 0.717) is 28.3 Å². The number of rotatable bonds is 8. The molecule has 0 spiro atoms. The van der Waals surface area contributed by atoms with Gasteiger partial charge in [-0.15, -0.1) is 0 Å². The van der Waals surface area contributed by atoms with Crippen molar-refractivity contribution in [1.29, 1.82) is 5.26 Å². The molecule has 3 aromatic carbocycles. The van der Waals surface area contributed by atoms with Crippen molar-refractivity contribution in [2.24, 2.45) is 0 Å². The Hall–Kier alpha value is -4.16. The molecule has 1 atom stereocenters. The number of amides is 2. The topological polar surface area (TPSA) is 117 Å². The quantitative estimate of drug-likeness (QED) is 0.519. The van der Waals surface area contributed by atoms with Gasteiger partial charge in [-0.05, 0) is 54.1 Å². The second kappa shape index (κ2) is 10.4. The van der Waals surface area contributed by atoms with Crippen LogP contribution in [0.3, 0.4) is 0 Å². The third-order valence-corrected chi connectivity index (χ3v) is 6.91. The van der Waals surface area contributed by atoms with E-state index in [2.05, 4.69) is 5.32 Å². The summed E-state index contributed by atoms with van der Waals surface area (Å²) in [7, 11) is -3.71. The number of carbonyl (C=O) groups is 2. The summed E-state index contributed by atoms with van der Waals surface area (Å²) >= 11 is 0. The number of para-hydroxylation sites is 1. The highest BCUT2D eigenvalue weighted by molar-refractivity contribution is 7.91. The number of hydrogen-bond donors (Lipinski definition) is 1. The van der Waals surface area contributed by atoms with Crippen LogP contribution >= 0.6 is 0 Å². The molecule has 35 heavy (non-hydrogen) atoms. The van der Waals surface area contributed by atoms with Gasteiger partial charge in [-0.2, -0.15) is 5.26 Å². The fraction of sp³-hybridized carbons (Fsp3) is 0.192. The highest BCUT2D eigenvalue weighted by Gasteiger charge is 2.32. The summed E-state index contributed by atoms with van der Waals surface area (Å²) in [4.78, 5) is 26.5. The molecule has 1 heterocycles. The van der Waals surface area contributed by atoms with E-state index in [-0.39, 0.29) is 24.6 Å². The number of ether oxygens (including phenoxy) is 1. The van der Waals surface area contributed by atoms with Crippen LogP contribution in [-0.2, 0) is 25.2 Å². The molecule has 178 valence electrons. The molecule has 0 saturated carbocycles. The molecule has 1 N–H and O–H groups in total. The van der Waals surface area contributed by atoms with E-state index in [1.807, 2.05) is 36.4 Å². The number of hydrogen-bond acceptors (Lipinski definition) is 6. The Kier molecular flexibility index (Phi) is 7.13. The first-order chi connectivity index (χ1) is 16.8. The Morgan fingerprint density at radius 3 is 2.31 bits per heavy atom. The summed E-state index contributed by atoms with van der Waals surface area (Å²) in [5.41, 5.74) is 1.59. The van der Waals surface area contributed by atoms with Gasteiger partial charge in [-0.3, -0.25) is 9.59 Å². The van der Waals surface area contributed by atoms with Crippen LogP contribution in [-0.4, -0.2) is 38.6 Å². The van der Waals surface area contributed by atoms with Crippen LogP contribution in [0.25, 0.3) is 0 Å². The molecule has 3 aromatic rings. The van der Waals surface area contributed by atoms with Gasteiger partial charge in [0.25, 0.3) is 0 Å². The first-order valence-corrected chi connectivity index (χ1v) is 12.8. The van der Waals surface area contributed by atoms with Gasteiger partial charge >= 0.3 is 0 Å². The molecule has 0 radical (unpaired) electrons. The highest BCUT2D eigenvalue weighted by Crippen LogP contribution is 2.27. The maximum absolute atomic E-state index is 12.5. The second-order valence-corrected chi connectivity index (χ2v) is 10.3. The lowest BCUT2D eigenvalue weighted by atomic mass is 10.2. The number of nitrogens with zero attached hydrogens (tertiary/aromatic N) is 2. The van der Waals surface area contributed by atoms with Gasteiger partial charge in [-0.25, -0.2) is 8.42 Å². The summed E-state index contributed by atoms with van der Waals surface area (Å²) < 4.78 is 30.6. The number of anilines is 1. The minimum atomic E-state index is -3.71. The van der Waals surface area contributed by atoms with E-state index in [1.54, 1.807) is 41.3 Å². The largest absolute Gasteiger partial charge is 0.457 e. The van der Waals surface area contributed by atoms with E-state index in [4.69, 9.17) is 10.00 Å². The SMILES string of the molecule is N#Cc1ccc(CS(=O)(=O)CC(=O)NC2CC(=O)N(c3ccc(Oc4ccccc4)cc3)C2)cc1. The van der Waals surface area contributed by atoms with Gasteiger partial charge in [0, 0.05) is 18.7 Å². The standard InChI is InChI=1S/C26H23N3O5S/c27-15-19-6-8-20(9-7-19)17-35(32,33)18-25(30)28-21-14-26(31)29(16-21)22-10-12-24(13-11-22)34-23-4-2-1-3-5-23/h1-13,21H,14,16-18H2,(H,28,30). The average Bonchev–Trinajstić information content (AvgIpc) is 3.19. The molecule has 2 amide bonds. The van der Waals surface area contributed by atoms with Gasteiger partial charge < -0.3 is 15.0 Å². The molecule has 1 saturated heterocycles. The van der Waals surface area contributed by atoms with E-state index in [0.717, 1.165) is 0 Å². The van der Waals surface area contributed by atoms with Gasteiger partial charge in [0.15, 0.2) is 9.84 Å². The van der Waals surface area contributed by atoms with Crippen molar-refractivity contribution in [2.75, 3.05) is 17.2 Å². The lowest BCUT2D eigenvalue weighted by molar-refractivity contribution is -0.119.